The molecule has 1 aromatic rings. The average molecular weight is 324 g/mol. The average Bonchev–Trinajstić information content (AvgIpc) is 2.86. The Balaban J connectivity index is 1.87. The highest BCUT2D eigenvalue weighted by Gasteiger charge is 2.28. The lowest BCUT2D eigenvalue weighted by Crippen LogP contribution is -2.38. The molecule has 0 spiro atoms. The Morgan fingerprint density at radius 3 is 2.61 bits per heavy atom. The van der Waals surface area contributed by atoms with E-state index >= 15 is 0 Å². The van der Waals surface area contributed by atoms with E-state index < -0.39 is 11.7 Å². The van der Waals surface area contributed by atoms with Crippen LogP contribution in [0, 0.1) is 5.82 Å². The van der Waals surface area contributed by atoms with E-state index in [1.54, 1.807) is 19.2 Å². The molecule has 0 bridgehead atoms. The van der Waals surface area contributed by atoms with E-state index in [1.165, 1.54) is 6.07 Å². The first-order valence-electron chi connectivity index (χ1n) is 7.86. The third kappa shape index (κ3) is 5.30. The number of benzene rings is 1. The van der Waals surface area contributed by atoms with Gasteiger partial charge in [0.25, 0.3) is 0 Å². The van der Waals surface area contributed by atoms with Gasteiger partial charge in [-0.05, 0) is 52.2 Å². The Morgan fingerprint density at radius 2 is 1.96 bits per heavy atom. The molecule has 0 heterocycles. The van der Waals surface area contributed by atoms with Gasteiger partial charge in [0.05, 0.1) is 12.8 Å². The Morgan fingerprint density at radius 1 is 1.26 bits per heavy atom. The van der Waals surface area contributed by atoms with Crippen LogP contribution in [0.5, 0.6) is 5.75 Å². The lowest BCUT2D eigenvalue weighted by atomic mass is 10.2. The van der Waals surface area contributed by atoms with Crippen molar-refractivity contribution in [1.82, 2.24) is 5.32 Å². The van der Waals surface area contributed by atoms with Gasteiger partial charge in [-0.3, -0.25) is 0 Å². The van der Waals surface area contributed by atoms with Crippen molar-refractivity contribution in [2.24, 2.45) is 0 Å². The number of halogens is 1. The number of nitrogens with one attached hydrogen (secondary N) is 2. The van der Waals surface area contributed by atoms with Crippen molar-refractivity contribution in [3.8, 4) is 5.75 Å². The number of alkyl carbamates (subject to hydrolysis) is 1. The van der Waals surface area contributed by atoms with E-state index in [1.807, 2.05) is 20.8 Å². The van der Waals surface area contributed by atoms with Gasteiger partial charge in [0.15, 0.2) is 0 Å². The van der Waals surface area contributed by atoms with Crippen molar-refractivity contribution >= 4 is 11.8 Å². The van der Waals surface area contributed by atoms with E-state index in [9.17, 15) is 9.18 Å². The van der Waals surface area contributed by atoms with Crippen LogP contribution in [0.2, 0.25) is 0 Å². The smallest absolute Gasteiger partial charge is 0.407 e. The summed E-state index contributed by atoms with van der Waals surface area (Å²) in [5.74, 6) is 0.296. The second-order valence-electron chi connectivity index (χ2n) is 6.84. The summed E-state index contributed by atoms with van der Waals surface area (Å²) in [7, 11) is 1.55. The first kappa shape index (κ1) is 17.4. The predicted octanol–water partition coefficient (Wildman–Crippen LogP) is 3.69. The fourth-order valence-electron chi connectivity index (χ4n) is 2.68. The summed E-state index contributed by atoms with van der Waals surface area (Å²) in [5, 5.41) is 6.06. The Kier molecular flexibility index (Phi) is 5.34. The number of methoxy groups -OCH3 is 1. The maximum atomic E-state index is 13.8. The zero-order valence-corrected chi connectivity index (χ0v) is 14.1. The molecule has 1 aromatic carbocycles. The van der Waals surface area contributed by atoms with Crippen LogP contribution < -0.4 is 15.4 Å². The van der Waals surface area contributed by atoms with Gasteiger partial charge in [0.2, 0.25) is 0 Å². The van der Waals surface area contributed by atoms with Gasteiger partial charge in [0.1, 0.15) is 17.2 Å². The summed E-state index contributed by atoms with van der Waals surface area (Å²) in [4.78, 5) is 11.8. The molecule has 0 saturated heterocycles. The first-order chi connectivity index (χ1) is 10.8. The number of rotatable bonds is 4. The van der Waals surface area contributed by atoms with Crippen molar-refractivity contribution in [2.75, 3.05) is 12.4 Å². The molecule has 0 radical (unpaired) electrons. The van der Waals surface area contributed by atoms with Crippen molar-refractivity contribution in [3.05, 3.63) is 24.0 Å². The fourth-order valence-corrected chi connectivity index (χ4v) is 2.68. The minimum Gasteiger partial charge on any atom is -0.497 e. The maximum Gasteiger partial charge on any atom is 0.407 e. The Labute approximate surface area is 136 Å². The summed E-state index contributed by atoms with van der Waals surface area (Å²) >= 11 is 0. The predicted molar refractivity (Wildman–Crippen MR) is 87.4 cm³/mol. The van der Waals surface area contributed by atoms with Gasteiger partial charge in [-0.2, -0.15) is 0 Å². The fraction of sp³-hybridized carbons (Fsp3) is 0.588. The number of carbonyl (C=O) groups is 1. The third-order valence-electron chi connectivity index (χ3n) is 3.69. The van der Waals surface area contributed by atoms with Crippen LogP contribution >= 0.6 is 0 Å². The summed E-state index contributed by atoms with van der Waals surface area (Å²) in [6.07, 6.45) is 2.02. The second-order valence-corrected chi connectivity index (χ2v) is 6.84. The quantitative estimate of drug-likeness (QED) is 0.887. The topological polar surface area (TPSA) is 59.6 Å². The van der Waals surface area contributed by atoms with Gasteiger partial charge < -0.3 is 20.1 Å². The van der Waals surface area contributed by atoms with Crippen LogP contribution in [0.3, 0.4) is 0 Å². The zero-order valence-electron chi connectivity index (χ0n) is 14.1. The number of anilines is 1. The van der Waals surface area contributed by atoms with Gasteiger partial charge in [-0.25, -0.2) is 9.18 Å². The summed E-state index contributed by atoms with van der Waals surface area (Å²) in [6, 6.07) is 4.76. The van der Waals surface area contributed by atoms with Crippen LogP contribution in [-0.2, 0) is 4.74 Å². The standard InChI is InChI=1S/C17H25FN2O3/c1-17(2,3)23-16(21)20-12-6-5-11(9-12)19-15-10-13(22-4)7-8-14(15)18/h7-8,10-12,19H,5-6,9H2,1-4H3,(H,20,21). The van der Waals surface area contributed by atoms with Crippen LogP contribution in [0.15, 0.2) is 18.2 Å². The van der Waals surface area contributed by atoms with Crippen molar-refractivity contribution in [1.29, 1.82) is 0 Å². The normalized spacial score (nSPS) is 20.9. The molecule has 5 nitrogen and oxygen atoms in total. The van der Waals surface area contributed by atoms with Crippen molar-refractivity contribution < 1.29 is 18.7 Å². The molecule has 2 unspecified atom stereocenters. The molecule has 0 aliphatic heterocycles. The molecule has 128 valence electrons. The largest absolute Gasteiger partial charge is 0.497 e. The van der Waals surface area contributed by atoms with E-state index in [-0.39, 0.29) is 17.9 Å². The highest BCUT2D eigenvalue weighted by atomic mass is 19.1. The summed E-state index contributed by atoms with van der Waals surface area (Å²) < 4.78 is 24.2. The SMILES string of the molecule is COc1ccc(F)c(NC2CCC(NC(=O)OC(C)(C)C)C2)c1. The molecule has 1 amide bonds. The molecule has 2 rings (SSSR count). The highest BCUT2D eigenvalue weighted by Crippen LogP contribution is 2.27. The number of ether oxygens (including phenoxy) is 2. The molecule has 1 aliphatic rings. The number of hydrogen-bond acceptors (Lipinski definition) is 4. The number of hydrogen-bond donors (Lipinski definition) is 2. The van der Waals surface area contributed by atoms with E-state index in [0.29, 0.717) is 11.4 Å². The van der Waals surface area contributed by atoms with Crippen molar-refractivity contribution in [3.63, 3.8) is 0 Å². The van der Waals surface area contributed by atoms with Crippen LogP contribution in [-0.4, -0.2) is 30.9 Å². The van der Waals surface area contributed by atoms with Crippen molar-refractivity contribution in [2.45, 2.75) is 57.7 Å². The van der Waals surface area contributed by atoms with Crippen LogP contribution in [0.25, 0.3) is 0 Å². The molecule has 2 N–H and O–H groups in total. The van der Waals surface area contributed by atoms with Gasteiger partial charge >= 0.3 is 6.09 Å². The van der Waals surface area contributed by atoms with Crippen LogP contribution in [0.4, 0.5) is 14.9 Å². The van der Waals surface area contributed by atoms with E-state index in [4.69, 9.17) is 9.47 Å². The molecule has 2 atom stereocenters. The molecular weight excluding hydrogens is 299 g/mol. The van der Waals surface area contributed by atoms with Gasteiger partial charge in [-0.15, -0.1) is 0 Å². The van der Waals surface area contributed by atoms with Gasteiger partial charge in [-0.1, -0.05) is 0 Å². The molecule has 1 saturated carbocycles. The minimum absolute atomic E-state index is 0.0380. The lowest BCUT2D eigenvalue weighted by Gasteiger charge is -2.22. The Bertz CT molecular complexity index is 557. The number of carbonyl (C=O) groups excluding carboxylic acids is 1. The third-order valence-corrected chi connectivity index (χ3v) is 3.69. The monoisotopic (exact) mass is 324 g/mol. The molecule has 23 heavy (non-hydrogen) atoms. The van der Waals surface area contributed by atoms with Gasteiger partial charge in [0, 0.05) is 18.2 Å². The molecular formula is C17H25FN2O3. The van der Waals surface area contributed by atoms with Crippen LogP contribution in [0.1, 0.15) is 40.0 Å². The lowest BCUT2D eigenvalue weighted by molar-refractivity contribution is 0.0505. The first-order valence-corrected chi connectivity index (χ1v) is 7.86. The molecule has 0 aromatic heterocycles. The second kappa shape index (κ2) is 7.06. The summed E-state index contributed by atoms with van der Waals surface area (Å²) in [5.41, 5.74) is -0.0865. The minimum atomic E-state index is -0.510. The zero-order chi connectivity index (χ0) is 17.0. The van der Waals surface area contributed by atoms with E-state index in [0.717, 1.165) is 19.3 Å². The molecule has 6 heteroatoms. The Hall–Kier alpha value is -1.98. The maximum absolute atomic E-state index is 13.8. The summed E-state index contributed by atoms with van der Waals surface area (Å²) in [6.45, 7) is 5.49. The molecule has 1 aliphatic carbocycles. The number of amides is 1. The highest BCUT2D eigenvalue weighted by molar-refractivity contribution is 5.68. The van der Waals surface area contributed by atoms with E-state index in [2.05, 4.69) is 10.6 Å². The molecule has 1 fully saturated rings.